The summed E-state index contributed by atoms with van der Waals surface area (Å²) in [6.45, 7) is 6.11. The Kier molecular flexibility index (Phi) is 3.42. The second kappa shape index (κ2) is 4.88. The molecular formula is C15H17NO3. The van der Waals surface area contributed by atoms with Gasteiger partial charge in [0, 0.05) is 6.54 Å². The quantitative estimate of drug-likeness (QED) is 0.848. The lowest BCUT2D eigenvalue weighted by Gasteiger charge is -2.12. The standard InChI is InChI=1S/C15H17NO3/c1-4-7-16-14(18)12(13(17)15(16)19)11-6-5-9(2)10(3)8-11/h5-6,8,17H,4,7H2,1-3H3. The largest absolute Gasteiger partial charge is 0.502 e. The molecule has 0 spiro atoms. The van der Waals surface area contributed by atoms with Gasteiger partial charge in [0.05, 0.1) is 5.57 Å². The number of nitrogens with zero attached hydrogens (tertiary/aromatic N) is 1. The second-order valence-electron chi connectivity index (χ2n) is 4.78. The predicted molar refractivity (Wildman–Crippen MR) is 72.5 cm³/mol. The molecule has 0 unspecified atom stereocenters. The Morgan fingerprint density at radius 2 is 1.79 bits per heavy atom. The van der Waals surface area contributed by atoms with Gasteiger partial charge in [0.1, 0.15) is 0 Å². The van der Waals surface area contributed by atoms with Gasteiger partial charge in [0.15, 0.2) is 5.76 Å². The van der Waals surface area contributed by atoms with Crippen molar-refractivity contribution < 1.29 is 14.7 Å². The number of aryl methyl sites for hydroxylation is 2. The van der Waals surface area contributed by atoms with E-state index in [-0.39, 0.29) is 5.57 Å². The maximum atomic E-state index is 12.2. The van der Waals surface area contributed by atoms with Crippen molar-refractivity contribution in [2.45, 2.75) is 27.2 Å². The smallest absolute Gasteiger partial charge is 0.296 e. The van der Waals surface area contributed by atoms with Gasteiger partial charge in [-0.05, 0) is 37.0 Å². The second-order valence-corrected chi connectivity index (χ2v) is 4.78. The van der Waals surface area contributed by atoms with E-state index < -0.39 is 17.6 Å². The van der Waals surface area contributed by atoms with Gasteiger partial charge in [0.2, 0.25) is 0 Å². The molecule has 2 rings (SSSR count). The number of aliphatic hydroxyl groups excluding tert-OH is 1. The number of hydrogen-bond donors (Lipinski definition) is 1. The molecule has 1 N–H and O–H groups in total. The van der Waals surface area contributed by atoms with Crippen LogP contribution in [-0.2, 0) is 9.59 Å². The highest BCUT2D eigenvalue weighted by Crippen LogP contribution is 2.29. The van der Waals surface area contributed by atoms with Crippen LogP contribution in [-0.4, -0.2) is 28.4 Å². The van der Waals surface area contributed by atoms with Crippen LogP contribution in [0.5, 0.6) is 0 Å². The van der Waals surface area contributed by atoms with Gasteiger partial charge < -0.3 is 5.11 Å². The molecule has 0 atom stereocenters. The van der Waals surface area contributed by atoms with Crippen LogP contribution >= 0.6 is 0 Å². The van der Waals surface area contributed by atoms with E-state index in [0.29, 0.717) is 18.5 Å². The van der Waals surface area contributed by atoms with Crippen LogP contribution in [0, 0.1) is 13.8 Å². The summed E-state index contributed by atoms with van der Waals surface area (Å²) in [4.78, 5) is 25.1. The fourth-order valence-corrected chi connectivity index (χ4v) is 2.15. The normalized spacial score (nSPS) is 15.6. The average molecular weight is 259 g/mol. The van der Waals surface area contributed by atoms with Crippen molar-refractivity contribution in [2.75, 3.05) is 6.54 Å². The van der Waals surface area contributed by atoms with Gasteiger partial charge in [-0.25, -0.2) is 0 Å². The lowest BCUT2D eigenvalue weighted by molar-refractivity contribution is -0.138. The summed E-state index contributed by atoms with van der Waals surface area (Å²) in [5, 5.41) is 9.91. The first-order valence-electron chi connectivity index (χ1n) is 6.34. The molecule has 0 radical (unpaired) electrons. The first-order valence-corrected chi connectivity index (χ1v) is 6.34. The molecular weight excluding hydrogens is 242 g/mol. The summed E-state index contributed by atoms with van der Waals surface area (Å²) in [5.74, 6) is -1.45. The number of carbonyl (C=O) groups is 2. The Balaban J connectivity index is 2.46. The van der Waals surface area contributed by atoms with E-state index in [9.17, 15) is 14.7 Å². The Labute approximate surface area is 112 Å². The molecule has 1 aliphatic rings. The molecule has 0 saturated heterocycles. The molecule has 0 saturated carbocycles. The van der Waals surface area contributed by atoms with Gasteiger partial charge >= 0.3 is 0 Å². The first-order chi connectivity index (χ1) is 8.97. The van der Waals surface area contributed by atoms with Crippen molar-refractivity contribution >= 4 is 17.4 Å². The Bertz CT molecular complexity index is 587. The van der Waals surface area contributed by atoms with Crippen molar-refractivity contribution in [3.63, 3.8) is 0 Å². The molecule has 2 amide bonds. The van der Waals surface area contributed by atoms with Crippen LogP contribution in [0.4, 0.5) is 0 Å². The van der Waals surface area contributed by atoms with Gasteiger partial charge in [-0.15, -0.1) is 0 Å². The summed E-state index contributed by atoms with van der Waals surface area (Å²) in [7, 11) is 0. The van der Waals surface area contributed by atoms with Crippen molar-refractivity contribution in [2.24, 2.45) is 0 Å². The van der Waals surface area contributed by atoms with Crippen LogP contribution in [0.2, 0.25) is 0 Å². The number of amides is 2. The molecule has 4 nitrogen and oxygen atoms in total. The minimum atomic E-state index is -0.597. The molecule has 4 heteroatoms. The fraction of sp³-hybridized carbons (Fsp3) is 0.333. The van der Waals surface area contributed by atoms with E-state index in [1.165, 1.54) is 0 Å². The topological polar surface area (TPSA) is 57.6 Å². The molecule has 0 fully saturated rings. The van der Waals surface area contributed by atoms with Crippen molar-refractivity contribution in [3.05, 3.63) is 40.6 Å². The highest BCUT2D eigenvalue weighted by atomic mass is 16.3. The third-order valence-corrected chi connectivity index (χ3v) is 3.39. The maximum absolute atomic E-state index is 12.2. The molecule has 1 aromatic rings. The zero-order chi connectivity index (χ0) is 14.2. The van der Waals surface area contributed by atoms with Gasteiger partial charge in [-0.2, -0.15) is 0 Å². The minimum Gasteiger partial charge on any atom is -0.502 e. The first kappa shape index (κ1) is 13.3. The van der Waals surface area contributed by atoms with E-state index in [2.05, 4.69) is 0 Å². The van der Waals surface area contributed by atoms with E-state index in [1.54, 1.807) is 6.07 Å². The molecule has 100 valence electrons. The summed E-state index contributed by atoms with van der Waals surface area (Å²) >= 11 is 0. The van der Waals surface area contributed by atoms with E-state index in [0.717, 1.165) is 16.0 Å². The highest BCUT2D eigenvalue weighted by Gasteiger charge is 2.38. The molecule has 0 aromatic heterocycles. The third kappa shape index (κ3) is 2.14. The zero-order valence-corrected chi connectivity index (χ0v) is 11.4. The third-order valence-electron chi connectivity index (χ3n) is 3.39. The number of rotatable bonds is 3. The lowest BCUT2D eigenvalue weighted by Crippen LogP contribution is -2.32. The van der Waals surface area contributed by atoms with E-state index in [4.69, 9.17) is 0 Å². The number of aliphatic hydroxyl groups is 1. The number of carbonyl (C=O) groups excluding carboxylic acids is 2. The molecule has 1 aliphatic heterocycles. The fourth-order valence-electron chi connectivity index (χ4n) is 2.15. The van der Waals surface area contributed by atoms with Crippen molar-refractivity contribution in [1.29, 1.82) is 0 Å². The lowest BCUT2D eigenvalue weighted by atomic mass is 10.0. The predicted octanol–water partition coefficient (Wildman–Crippen LogP) is 2.35. The summed E-state index contributed by atoms with van der Waals surface area (Å²) < 4.78 is 0. The van der Waals surface area contributed by atoms with E-state index in [1.807, 2.05) is 32.9 Å². The van der Waals surface area contributed by atoms with Crippen molar-refractivity contribution in [3.8, 4) is 0 Å². The van der Waals surface area contributed by atoms with Crippen LogP contribution in [0.3, 0.4) is 0 Å². The van der Waals surface area contributed by atoms with Crippen molar-refractivity contribution in [1.82, 2.24) is 4.90 Å². The van der Waals surface area contributed by atoms with Crippen LogP contribution in [0.1, 0.15) is 30.0 Å². The molecule has 0 aliphatic carbocycles. The highest BCUT2D eigenvalue weighted by molar-refractivity contribution is 6.34. The zero-order valence-electron chi connectivity index (χ0n) is 11.4. The molecule has 0 bridgehead atoms. The monoisotopic (exact) mass is 259 g/mol. The molecule has 19 heavy (non-hydrogen) atoms. The molecule has 1 heterocycles. The van der Waals surface area contributed by atoms with Crippen LogP contribution in [0.15, 0.2) is 24.0 Å². The van der Waals surface area contributed by atoms with Gasteiger partial charge in [-0.1, -0.05) is 25.1 Å². The Morgan fingerprint density at radius 1 is 1.11 bits per heavy atom. The Morgan fingerprint density at radius 3 is 2.37 bits per heavy atom. The summed E-state index contributed by atoms with van der Waals surface area (Å²) in [6, 6.07) is 5.46. The van der Waals surface area contributed by atoms with E-state index >= 15 is 0 Å². The number of hydrogen-bond acceptors (Lipinski definition) is 3. The van der Waals surface area contributed by atoms with Gasteiger partial charge in [-0.3, -0.25) is 14.5 Å². The Hall–Kier alpha value is -2.10. The van der Waals surface area contributed by atoms with Crippen LogP contribution < -0.4 is 0 Å². The summed E-state index contributed by atoms with van der Waals surface area (Å²) in [5.41, 5.74) is 2.83. The van der Waals surface area contributed by atoms with Crippen LogP contribution in [0.25, 0.3) is 5.57 Å². The minimum absolute atomic E-state index is 0.113. The number of imide groups is 1. The summed E-state index contributed by atoms with van der Waals surface area (Å²) in [6.07, 6.45) is 0.672. The molecule has 1 aromatic carbocycles. The average Bonchev–Trinajstić information content (AvgIpc) is 2.58. The van der Waals surface area contributed by atoms with Gasteiger partial charge in [0.25, 0.3) is 11.8 Å². The number of benzene rings is 1. The maximum Gasteiger partial charge on any atom is 0.296 e. The SMILES string of the molecule is CCCN1C(=O)C(O)=C(c2ccc(C)c(C)c2)C1=O.